The van der Waals surface area contributed by atoms with Gasteiger partial charge in [0.1, 0.15) is 0 Å². The van der Waals surface area contributed by atoms with Gasteiger partial charge in [0.25, 0.3) is 0 Å². The van der Waals surface area contributed by atoms with Gasteiger partial charge < -0.3 is 0 Å². The van der Waals surface area contributed by atoms with Gasteiger partial charge in [0.15, 0.2) is 0 Å². The van der Waals surface area contributed by atoms with Crippen LogP contribution < -0.4 is 0 Å². The molecule has 0 fully saturated rings. The van der Waals surface area contributed by atoms with Gasteiger partial charge in [-0.05, 0) is 0 Å². The maximum absolute atomic E-state index is 8.32. The van der Waals surface area contributed by atoms with Crippen molar-refractivity contribution < 1.29 is 5.11 Å². The summed E-state index contributed by atoms with van der Waals surface area (Å²) in [6, 6.07) is 0. The predicted octanol–water partition coefficient (Wildman–Crippen LogP) is 0.963. The first-order valence-electron chi connectivity index (χ1n) is 2.18. The minimum atomic E-state index is -0.486. The maximum atomic E-state index is 8.32. The second-order valence-corrected chi connectivity index (χ2v) is 10.9. The molecule has 0 rings (SSSR count). The third-order valence-electron chi connectivity index (χ3n) is 0.441. The molecule has 0 radical (unpaired) electrons. The van der Waals surface area contributed by atoms with Crippen LogP contribution in [0.4, 0.5) is 0 Å². The second-order valence-electron chi connectivity index (χ2n) is 1.37. The topological polar surface area (TPSA) is 20.2 Å². The molecule has 0 heterocycles. The Kier molecular flexibility index (Phi) is 5.64. The van der Waals surface area contributed by atoms with Crippen molar-refractivity contribution in [2.45, 2.75) is 11.4 Å². The Balaban J connectivity index is 2.68. The van der Waals surface area contributed by atoms with E-state index in [0.717, 1.165) is 5.75 Å². The van der Waals surface area contributed by atoms with E-state index in [1.54, 1.807) is 0 Å². The van der Waals surface area contributed by atoms with Crippen molar-refractivity contribution >= 4 is 23.5 Å². The van der Waals surface area contributed by atoms with Crippen LogP contribution in [-0.4, -0.2) is 31.0 Å². The van der Waals surface area contributed by atoms with Gasteiger partial charge in [-0.2, -0.15) is 0 Å². The van der Waals surface area contributed by atoms with Crippen LogP contribution in [0, 0.1) is 0 Å². The standard InChI is InChI=1S/C4H11AsOS/c1-5(2)7-4-3-6/h6H,3-4H2,1-2H3/i5+1. The Morgan fingerprint density at radius 2 is 2.14 bits per heavy atom. The fourth-order valence-electron chi connectivity index (χ4n) is 0.223. The molecular weight excluding hydrogens is 172 g/mol. The summed E-state index contributed by atoms with van der Waals surface area (Å²) >= 11 is -0.486. The van der Waals surface area contributed by atoms with Crippen molar-refractivity contribution in [3.63, 3.8) is 0 Å². The van der Waals surface area contributed by atoms with Crippen molar-refractivity contribution in [1.29, 1.82) is 0 Å². The van der Waals surface area contributed by atoms with Gasteiger partial charge in [0.2, 0.25) is 0 Å². The van der Waals surface area contributed by atoms with Gasteiger partial charge in [-0.15, -0.1) is 0 Å². The van der Waals surface area contributed by atoms with Gasteiger partial charge >= 0.3 is 52.4 Å². The van der Waals surface area contributed by atoms with Crippen LogP contribution >= 0.6 is 10.0 Å². The van der Waals surface area contributed by atoms with Crippen molar-refractivity contribution in [1.82, 2.24) is 0 Å². The van der Waals surface area contributed by atoms with Gasteiger partial charge in [0.05, 0.1) is 0 Å². The predicted molar refractivity (Wildman–Crippen MR) is 37.0 cm³/mol. The molecule has 0 spiro atoms. The molecule has 1 nitrogen and oxygen atoms in total. The zero-order chi connectivity index (χ0) is 5.70. The molecule has 0 aliphatic rings. The Morgan fingerprint density at radius 3 is 2.29 bits per heavy atom. The monoisotopic (exact) mass is 183 g/mol. The summed E-state index contributed by atoms with van der Waals surface area (Å²) in [6.45, 7) is 0.345. The number of hydrogen-bond acceptors (Lipinski definition) is 2. The molecule has 7 heavy (non-hydrogen) atoms. The summed E-state index contributed by atoms with van der Waals surface area (Å²) in [5.74, 6) is 0.938. The average Bonchev–Trinajstić information content (AvgIpc) is 1.61. The van der Waals surface area contributed by atoms with Crippen LogP contribution in [0.15, 0.2) is 0 Å². The van der Waals surface area contributed by atoms with E-state index in [-0.39, 0.29) is 0 Å². The van der Waals surface area contributed by atoms with Gasteiger partial charge in [-0.25, -0.2) is 0 Å². The van der Waals surface area contributed by atoms with Crippen molar-refractivity contribution in [2.24, 2.45) is 0 Å². The molecule has 0 saturated carbocycles. The fourth-order valence-corrected chi connectivity index (χ4v) is 3.48. The first kappa shape index (κ1) is 7.87. The molecule has 0 amide bonds. The van der Waals surface area contributed by atoms with Crippen LogP contribution in [-0.2, 0) is 0 Å². The molecule has 0 aromatic rings. The van der Waals surface area contributed by atoms with E-state index in [1.165, 1.54) is 0 Å². The van der Waals surface area contributed by atoms with E-state index < -0.39 is 13.5 Å². The van der Waals surface area contributed by atoms with E-state index in [4.69, 9.17) is 5.11 Å². The van der Waals surface area contributed by atoms with Crippen molar-refractivity contribution in [2.75, 3.05) is 12.4 Å². The molecular formula is C4H11AsOS. The normalized spacial score (nSPS) is 10.3. The summed E-state index contributed by atoms with van der Waals surface area (Å²) in [7, 11) is 1.93. The SMILES string of the molecule is C[76As](C)SCCO. The quantitative estimate of drug-likeness (QED) is 0.657. The molecule has 0 aromatic carbocycles. The molecule has 0 saturated heterocycles. The first-order chi connectivity index (χ1) is 3.27. The van der Waals surface area contributed by atoms with E-state index >= 15 is 0 Å². The first-order valence-corrected chi connectivity index (χ1v) is 9.18. The zero-order valence-electron chi connectivity index (χ0n) is 4.72. The van der Waals surface area contributed by atoms with Gasteiger partial charge in [-0.1, -0.05) is 0 Å². The average molecular weight is 183 g/mol. The Morgan fingerprint density at radius 1 is 1.57 bits per heavy atom. The third kappa shape index (κ3) is 6.87. The van der Waals surface area contributed by atoms with Crippen LogP contribution in [0.1, 0.15) is 0 Å². The van der Waals surface area contributed by atoms with Crippen LogP contribution in [0.3, 0.4) is 0 Å². The molecule has 0 aromatic heterocycles. The summed E-state index contributed by atoms with van der Waals surface area (Å²) < 4.78 is 0. The zero-order valence-corrected chi connectivity index (χ0v) is 7.41. The number of aliphatic hydroxyl groups excluding tert-OH is 1. The van der Waals surface area contributed by atoms with Gasteiger partial charge in [0, 0.05) is 0 Å². The molecule has 3 heteroatoms. The summed E-state index contributed by atoms with van der Waals surface area (Å²) in [4.78, 5) is 0. The van der Waals surface area contributed by atoms with E-state index in [2.05, 4.69) is 11.4 Å². The van der Waals surface area contributed by atoms with Crippen molar-refractivity contribution in [3.8, 4) is 0 Å². The third-order valence-corrected chi connectivity index (χ3v) is 5.72. The molecule has 0 atom stereocenters. The Labute approximate surface area is 52.7 Å². The van der Waals surface area contributed by atoms with Gasteiger partial charge in [-0.3, -0.25) is 0 Å². The molecule has 0 aliphatic heterocycles. The second kappa shape index (κ2) is 5.01. The van der Waals surface area contributed by atoms with Crippen LogP contribution in [0.2, 0.25) is 11.4 Å². The molecule has 0 unspecified atom stereocenters. The molecule has 1 N–H and O–H groups in total. The minimum absolute atomic E-state index is 0.345. The van der Waals surface area contributed by atoms with Crippen LogP contribution in [0.25, 0.3) is 0 Å². The summed E-state index contributed by atoms with van der Waals surface area (Å²) in [6.07, 6.45) is 0. The Hall–Kier alpha value is 0.868. The van der Waals surface area contributed by atoms with E-state index in [0.29, 0.717) is 6.61 Å². The van der Waals surface area contributed by atoms with Crippen molar-refractivity contribution in [3.05, 3.63) is 0 Å². The van der Waals surface area contributed by atoms with E-state index in [9.17, 15) is 0 Å². The number of aliphatic hydroxyl groups is 1. The summed E-state index contributed by atoms with van der Waals surface area (Å²) in [5, 5.41) is 8.32. The molecule has 0 bridgehead atoms. The van der Waals surface area contributed by atoms with Crippen LogP contribution in [0.5, 0.6) is 0 Å². The number of rotatable bonds is 3. The fraction of sp³-hybridized carbons (Fsp3) is 1.00. The molecule has 44 valence electrons. The Bertz CT molecular complexity index is 40.7. The van der Waals surface area contributed by atoms with E-state index in [1.807, 2.05) is 10.0 Å². The summed E-state index contributed by atoms with van der Waals surface area (Å²) in [5.41, 5.74) is 4.54. The number of hydrogen-bond donors (Lipinski definition) is 1. The molecule has 0 aliphatic carbocycles.